The number of aromatic nitrogens is 1. The van der Waals surface area contributed by atoms with E-state index in [4.69, 9.17) is 0 Å². The number of aryl methyl sites for hydroxylation is 4. The van der Waals surface area contributed by atoms with Crippen molar-refractivity contribution >= 4 is 23.2 Å². The molecular weight excluding hydrogens is 350 g/mol. The summed E-state index contributed by atoms with van der Waals surface area (Å²) in [4.78, 5) is 29.3. The third kappa shape index (κ3) is 4.43. The summed E-state index contributed by atoms with van der Waals surface area (Å²) in [7, 11) is 0. The highest BCUT2D eigenvalue weighted by molar-refractivity contribution is 6.08. The van der Waals surface area contributed by atoms with E-state index in [9.17, 15) is 9.59 Å². The first-order chi connectivity index (χ1) is 13.3. The molecule has 1 aromatic heterocycles. The van der Waals surface area contributed by atoms with Gasteiger partial charge in [-0.3, -0.25) is 14.6 Å². The summed E-state index contributed by atoms with van der Waals surface area (Å²) in [6, 6.07) is 14.7. The van der Waals surface area contributed by atoms with Gasteiger partial charge in [-0.05, 0) is 68.7 Å². The van der Waals surface area contributed by atoms with Gasteiger partial charge in [-0.2, -0.15) is 0 Å². The number of amides is 2. The quantitative estimate of drug-likeness (QED) is 0.689. The van der Waals surface area contributed by atoms with Crippen molar-refractivity contribution in [1.29, 1.82) is 0 Å². The fourth-order valence-electron chi connectivity index (χ4n) is 3.18. The van der Waals surface area contributed by atoms with Crippen molar-refractivity contribution in [2.45, 2.75) is 27.7 Å². The summed E-state index contributed by atoms with van der Waals surface area (Å²) in [5.41, 5.74) is 6.21. The Morgan fingerprint density at radius 1 is 0.786 bits per heavy atom. The van der Waals surface area contributed by atoms with E-state index in [2.05, 4.69) is 15.6 Å². The molecule has 0 unspecified atom stereocenters. The molecule has 142 valence electrons. The Labute approximate surface area is 164 Å². The van der Waals surface area contributed by atoms with Crippen LogP contribution in [0.5, 0.6) is 0 Å². The number of hydrogen-bond acceptors (Lipinski definition) is 3. The topological polar surface area (TPSA) is 71.1 Å². The number of pyridine rings is 1. The fourth-order valence-corrected chi connectivity index (χ4v) is 3.18. The van der Waals surface area contributed by atoms with Gasteiger partial charge in [0.25, 0.3) is 11.8 Å². The molecule has 0 radical (unpaired) electrons. The van der Waals surface area contributed by atoms with E-state index < -0.39 is 0 Å². The second kappa shape index (κ2) is 8.05. The van der Waals surface area contributed by atoms with Crippen LogP contribution in [-0.2, 0) is 0 Å². The summed E-state index contributed by atoms with van der Waals surface area (Å²) in [6.07, 6.45) is 1.47. The molecule has 0 aliphatic heterocycles. The molecule has 0 fully saturated rings. The minimum Gasteiger partial charge on any atom is -0.322 e. The summed E-state index contributed by atoms with van der Waals surface area (Å²) in [5.74, 6) is -0.634. The summed E-state index contributed by atoms with van der Waals surface area (Å²) in [5, 5.41) is 5.75. The molecule has 2 amide bonds. The molecule has 0 bridgehead atoms. The lowest BCUT2D eigenvalue weighted by molar-refractivity contribution is 0.102. The molecule has 1 heterocycles. The van der Waals surface area contributed by atoms with E-state index in [-0.39, 0.29) is 17.5 Å². The number of carbonyl (C=O) groups is 2. The first-order valence-electron chi connectivity index (χ1n) is 9.07. The zero-order valence-electron chi connectivity index (χ0n) is 16.5. The Kier molecular flexibility index (Phi) is 5.54. The van der Waals surface area contributed by atoms with Crippen molar-refractivity contribution in [3.63, 3.8) is 0 Å². The average Bonchev–Trinajstić information content (AvgIpc) is 2.64. The van der Waals surface area contributed by atoms with Crippen LogP contribution < -0.4 is 10.6 Å². The van der Waals surface area contributed by atoms with Crippen molar-refractivity contribution in [1.82, 2.24) is 4.98 Å². The Hall–Kier alpha value is -3.47. The summed E-state index contributed by atoms with van der Waals surface area (Å²) in [6.45, 7) is 7.88. The van der Waals surface area contributed by atoms with Crippen LogP contribution in [0.25, 0.3) is 0 Å². The van der Waals surface area contributed by atoms with Crippen LogP contribution in [0.15, 0.2) is 54.7 Å². The lowest BCUT2D eigenvalue weighted by atomic mass is 10.0. The normalized spacial score (nSPS) is 10.4. The lowest BCUT2D eigenvalue weighted by Gasteiger charge is -2.13. The van der Waals surface area contributed by atoms with Gasteiger partial charge in [0.05, 0.1) is 0 Å². The SMILES string of the molecule is Cc1cccc(NC(=O)c2ccnc(C(=O)Nc3c(C)cc(C)cc3C)c2)c1. The van der Waals surface area contributed by atoms with Gasteiger partial charge < -0.3 is 10.6 Å². The van der Waals surface area contributed by atoms with Crippen LogP contribution in [0.2, 0.25) is 0 Å². The minimum absolute atomic E-state index is 0.191. The third-order valence-corrected chi connectivity index (χ3v) is 4.45. The summed E-state index contributed by atoms with van der Waals surface area (Å²) >= 11 is 0. The Balaban J connectivity index is 1.79. The van der Waals surface area contributed by atoms with Gasteiger partial charge in [-0.15, -0.1) is 0 Å². The lowest BCUT2D eigenvalue weighted by Crippen LogP contribution is -2.18. The van der Waals surface area contributed by atoms with Crippen molar-refractivity contribution in [2.75, 3.05) is 10.6 Å². The van der Waals surface area contributed by atoms with Gasteiger partial charge >= 0.3 is 0 Å². The number of anilines is 2. The maximum Gasteiger partial charge on any atom is 0.274 e. The van der Waals surface area contributed by atoms with Crippen molar-refractivity contribution < 1.29 is 9.59 Å². The summed E-state index contributed by atoms with van der Waals surface area (Å²) < 4.78 is 0. The predicted molar refractivity (Wildman–Crippen MR) is 112 cm³/mol. The van der Waals surface area contributed by atoms with Gasteiger partial charge in [0, 0.05) is 23.1 Å². The molecule has 3 rings (SSSR count). The van der Waals surface area contributed by atoms with E-state index in [0.29, 0.717) is 11.3 Å². The molecule has 2 aromatic carbocycles. The van der Waals surface area contributed by atoms with Crippen molar-refractivity contribution in [3.8, 4) is 0 Å². The molecule has 3 aromatic rings. The first kappa shape index (κ1) is 19.3. The van der Waals surface area contributed by atoms with Crippen molar-refractivity contribution in [2.24, 2.45) is 0 Å². The molecular formula is C23H23N3O2. The number of nitrogens with one attached hydrogen (secondary N) is 2. The molecule has 2 N–H and O–H groups in total. The number of carbonyl (C=O) groups excluding carboxylic acids is 2. The van der Waals surface area contributed by atoms with Gasteiger partial charge in [0.2, 0.25) is 0 Å². The highest BCUT2D eigenvalue weighted by Crippen LogP contribution is 2.22. The Bertz CT molecular complexity index is 1030. The van der Waals surface area contributed by atoms with Crippen LogP contribution in [0, 0.1) is 27.7 Å². The zero-order chi connectivity index (χ0) is 20.3. The highest BCUT2D eigenvalue weighted by atomic mass is 16.2. The number of benzene rings is 2. The van der Waals surface area contributed by atoms with E-state index in [1.54, 1.807) is 6.07 Å². The van der Waals surface area contributed by atoms with E-state index in [1.807, 2.05) is 64.1 Å². The standard InChI is InChI=1S/C23H23N3O2/c1-14-6-5-7-19(12-14)25-22(27)18-8-9-24-20(13-18)23(28)26-21-16(3)10-15(2)11-17(21)4/h5-13H,1-4H3,(H,25,27)(H,26,28). The smallest absolute Gasteiger partial charge is 0.274 e. The number of nitrogens with zero attached hydrogens (tertiary/aromatic N) is 1. The molecule has 0 aliphatic rings. The zero-order valence-corrected chi connectivity index (χ0v) is 16.5. The van der Waals surface area contributed by atoms with Crippen LogP contribution in [-0.4, -0.2) is 16.8 Å². The molecule has 0 atom stereocenters. The molecule has 5 heteroatoms. The molecule has 0 spiro atoms. The second-order valence-corrected chi connectivity index (χ2v) is 6.98. The van der Waals surface area contributed by atoms with Gasteiger partial charge in [-0.25, -0.2) is 0 Å². The maximum atomic E-state index is 12.7. The third-order valence-electron chi connectivity index (χ3n) is 4.45. The maximum absolute atomic E-state index is 12.7. The van der Waals surface area contributed by atoms with Crippen molar-refractivity contribution in [3.05, 3.63) is 88.2 Å². The van der Waals surface area contributed by atoms with Crippen LogP contribution in [0.4, 0.5) is 11.4 Å². The molecule has 0 saturated carbocycles. The van der Waals surface area contributed by atoms with Crippen LogP contribution in [0.3, 0.4) is 0 Å². The largest absolute Gasteiger partial charge is 0.322 e. The number of rotatable bonds is 4. The van der Waals surface area contributed by atoms with E-state index >= 15 is 0 Å². The van der Waals surface area contributed by atoms with E-state index in [1.165, 1.54) is 12.3 Å². The monoisotopic (exact) mass is 373 g/mol. The second-order valence-electron chi connectivity index (χ2n) is 6.98. The molecule has 5 nitrogen and oxygen atoms in total. The average molecular weight is 373 g/mol. The van der Waals surface area contributed by atoms with Gasteiger partial charge in [-0.1, -0.05) is 29.8 Å². The van der Waals surface area contributed by atoms with Crippen LogP contribution in [0.1, 0.15) is 43.1 Å². The minimum atomic E-state index is -0.347. The predicted octanol–water partition coefficient (Wildman–Crippen LogP) is 4.82. The highest BCUT2D eigenvalue weighted by Gasteiger charge is 2.14. The molecule has 0 aliphatic carbocycles. The number of hydrogen-bond donors (Lipinski definition) is 2. The Morgan fingerprint density at radius 3 is 2.18 bits per heavy atom. The first-order valence-corrected chi connectivity index (χ1v) is 9.07. The Morgan fingerprint density at radius 2 is 1.50 bits per heavy atom. The van der Waals surface area contributed by atoms with Gasteiger partial charge in [0.15, 0.2) is 0 Å². The molecule has 28 heavy (non-hydrogen) atoms. The van der Waals surface area contributed by atoms with Crippen LogP contribution >= 0.6 is 0 Å². The van der Waals surface area contributed by atoms with E-state index in [0.717, 1.165) is 27.9 Å². The fraction of sp³-hybridized carbons (Fsp3) is 0.174. The molecule has 0 saturated heterocycles. The van der Waals surface area contributed by atoms with Gasteiger partial charge in [0.1, 0.15) is 5.69 Å².